The fourth-order valence-corrected chi connectivity index (χ4v) is 4.46. The lowest BCUT2D eigenvalue weighted by molar-refractivity contribution is 0.0704. The third-order valence-electron chi connectivity index (χ3n) is 6.16. The summed E-state index contributed by atoms with van der Waals surface area (Å²) in [4.78, 5) is 28.5. The summed E-state index contributed by atoms with van der Waals surface area (Å²) in [5.74, 6) is 1.70. The molecule has 0 N–H and O–H groups in total. The Balaban J connectivity index is 1.33. The molecule has 2 aromatic carbocycles. The quantitative estimate of drug-likeness (QED) is 0.395. The van der Waals surface area contributed by atoms with Crippen LogP contribution in [0, 0.1) is 0 Å². The monoisotopic (exact) mass is 469 g/mol. The molecule has 0 aliphatic carbocycles. The number of nitrogens with zero attached hydrogens (tertiary/aromatic N) is 5. The number of para-hydroxylation sites is 2. The normalized spacial score (nSPS) is 15.6. The van der Waals surface area contributed by atoms with Crippen molar-refractivity contribution in [2.45, 2.75) is 25.3 Å². The van der Waals surface area contributed by atoms with Gasteiger partial charge in [-0.25, -0.2) is 9.97 Å². The van der Waals surface area contributed by atoms with Crippen molar-refractivity contribution < 1.29 is 14.3 Å². The van der Waals surface area contributed by atoms with Crippen molar-refractivity contribution in [3.63, 3.8) is 0 Å². The SMILES string of the molecule is COc1ccccc1Oc1nccnc1[C@@H]1CCCN(C(=O)c2cccc(Cn3ccnc3)c2)C1. The number of hydrogen-bond donors (Lipinski definition) is 0. The number of carbonyl (C=O) groups excluding carboxylic acids is 1. The summed E-state index contributed by atoms with van der Waals surface area (Å²) in [5, 5.41) is 0. The smallest absolute Gasteiger partial charge is 0.253 e. The molecule has 2 aromatic heterocycles. The predicted molar refractivity (Wildman–Crippen MR) is 131 cm³/mol. The van der Waals surface area contributed by atoms with Crippen molar-refractivity contribution in [3.05, 3.63) is 96.5 Å². The van der Waals surface area contributed by atoms with Gasteiger partial charge in [-0.15, -0.1) is 0 Å². The molecular formula is C27H27N5O3. The number of rotatable bonds is 7. The van der Waals surface area contributed by atoms with Crippen LogP contribution in [0.1, 0.15) is 40.4 Å². The van der Waals surface area contributed by atoms with Crippen LogP contribution in [0.25, 0.3) is 0 Å². The average Bonchev–Trinajstić information content (AvgIpc) is 3.42. The second-order valence-electron chi connectivity index (χ2n) is 8.53. The standard InChI is InChI=1S/C27H27N5O3/c1-34-23-9-2-3-10-24(23)35-26-25(29-11-12-30-26)22-8-5-14-32(18-22)27(33)21-7-4-6-20(16-21)17-31-15-13-28-19-31/h2-4,6-7,9-13,15-16,19,22H,5,8,14,17-18H2,1H3/t22-/m1/s1. The molecule has 1 atom stereocenters. The first kappa shape index (κ1) is 22.6. The molecule has 3 heterocycles. The summed E-state index contributed by atoms with van der Waals surface area (Å²) in [6.07, 6.45) is 10.5. The molecule has 0 unspecified atom stereocenters. The lowest BCUT2D eigenvalue weighted by Crippen LogP contribution is -2.39. The number of hydrogen-bond acceptors (Lipinski definition) is 6. The van der Waals surface area contributed by atoms with Crippen LogP contribution in [0.5, 0.6) is 17.4 Å². The van der Waals surface area contributed by atoms with E-state index in [9.17, 15) is 4.79 Å². The molecule has 1 amide bonds. The van der Waals surface area contributed by atoms with E-state index in [1.54, 1.807) is 32.0 Å². The van der Waals surface area contributed by atoms with Gasteiger partial charge in [0.1, 0.15) is 5.69 Å². The van der Waals surface area contributed by atoms with Crippen LogP contribution >= 0.6 is 0 Å². The van der Waals surface area contributed by atoms with Gasteiger partial charge in [0.15, 0.2) is 11.5 Å². The van der Waals surface area contributed by atoms with Crippen LogP contribution in [0.3, 0.4) is 0 Å². The molecule has 8 nitrogen and oxygen atoms in total. The van der Waals surface area contributed by atoms with Crippen LogP contribution in [0.15, 0.2) is 79.6 Å². The molecule has 178 valence electrons. The highest BCUT2D eigenvalue weighted by Gasteiger charge is 2.29. The van der Waals surface area contributed by atoms with Gasteiger partial charge in [-0.1, -0.05) is 24.3 Å². The molecule has 8 heteroatoms. The minimum absolute atomic E-state index is 0.0262. The number of imidazole rings is 1. The first-order chi connectivity index (χ1) is 17.2. The Kier molecular flexibility index (Phi) is 6.70. The summed E-state index contributed by atoms with van der Waals surface area (Å²) >= 11 is 0. The Morgan fingerprint density at radius 2 is 1.91 bits per heavy atom. The Labute approximate surface area is 204 Å². The molecule has 0 bridgehead atoms. The van der Waals surface area contributed by atoms with E-state index in [1.807, 2.05) is 64.2 Å². The van der Waals surface area contributed by atoms with Crippen molar-refractivity contribution in [2.75, 3.05) is 20.2 Å². The number of benzene rings is 2. The molecule has 35 heavy (non-hydrogen) atoms. The summed E-state index contributed by atoms with van der Waals surface area (Å²) < 4.78 is 13.5. The molecule has 1 aliphatic rings. The number of ether oxygens (including phenoxy) is 2. The molecule has 1 saturated heterocycles. The van der Waals surface area contributed by atoms with Crippen LogP contribution in [-0.2, 0) is 6.54 Å². The van der Waals surface area contributed by atoms with Gasteiger partial charge in [0, 0.05) is 55.9 Å². The zero-order chi connectivity index (χ0) is 24.0. The zero-order valence-electron chi connectivity index (χ0n) is 19.6. The first-order valence-electron chi connectivity index (χ1n) is 11.7. The fourth-order valence-electron chi connectivity index (χ4n) is 4.46. The van der Waals surface area contributed by atoms with Crippen LogP contribution in [-0.4, -0.2) is 50.5 Å². The average molecular weight is 470 g/mol. The lowest BCUT2D eigenvalue weighted by Gasteiger charge is -2.33. The molecule has 5 rings (SSSR count). The second kappa shape index (κ2) is 10.4. The minimum atomic E-state index is 0.0262. The van der Waals surface area contributed by atoms with Gasteiger partial charge in [0.05, 0.1) is 13.4 Å². The number of aromatic nitrogens is 4. The Bertz CT molecular complexity index is 1290. The Hall–Kier alpha value is -4.20. The van der Waals surface area contributed by atoms with Crippen LogP contribution < -0.4 is 9.47 Å². The van der Waals surface area contributed by atoms with Gasteiger partial charge in [-0.05, 0) is 42.7 Å². The maximum Gasteiger partial charge on any atom is 0.253 e. The van der Waals surface area contributed by atoms with Crippen molar-refractivity contribution >= 4 is 5.91 Å². The third-order valence-corrected chi connectivity index (χ3v) is 6.16. The molecule has 0 spiro atoms. The summed E-state index contributed by atoms with van der Waals surface area (Å²) in [5.41, 5.74) is 2.50. The van der Waals surface area contributed by atoms with E-state index in [0.29, 0.717) is 42.6 Å². The van der Waals surface area contributed by atoms with E-state index in [2.05, 4.69) is 15.0 Å². The molecule has 0 saturated carbocycles. The number of methoxy groups -OCH3 is 1. The Morgan fingerprint density at radius 3 is 2.74 bits per heavy atom. The van der Waals surface area contributed by atoms with Crippen molar-refractivity contribution in [1.29, 1.82) is 0 Å². The minimum Gasteiger partial charge on any atom is -0.493 e. The highest BCUT2D eigenvalue weighted by atomic mass is 16.5. The maximum atomic E-state index is 13.4. The van der Waals surface area contributed by atoms with Gasteiger partial charge in [-0.3, -0.25) is 9.78 Å². The fraction of sp³-hybridized carbons (Fsp3) is 0.259. The third kappa shape index (κ3) is 5.16. The van der Waals surface area contributed by atoms with E-state index in [4.69, 9.17) is 9.47 Å². The van der Waals surface area contributed by atoms with E-state index in [-0.39, 0.29) is 11.8 Å². The van der Waals surface area contributed by atoms with E-state index in [0.717, 1.165) is 24.1 Å². The van der Waals surface area contributed by atoms with E-state index >= 15 is 0 Å². The first-order valence-corrected chi connectivity index (χ1v) is 11.7. The number of likely N-dealkylation sites (tertiary alicyclic amines) is 1. The number of amides is 1. The van der Waals surface area contributed by atoms with Gasteiger partial charge < -0.3 is 18.9 Å². The van der Waals surface area contributed by atoms with Crippen LogP contribution in [0.2, 0.25) is 0 Å². The predicted octanol–water partition coefficient (Wildman–Crippen LogP) is 4.54. The topological polar surface area (TPSA) is 82.4 Å². The lowest BCUT2D eigenvalue weighted by atomic mass is 9.94. The van der Waals surface area contributed by atoms with Gasteiger partial charge in [-0.2, -0.15) is 0 Å². The maximum absolute atomic E-state index is 13.4. The molecule has 1 aliphatic heterocycles. The summed E-state index contributed by atoms with van der Waals surface area (Å²) in [7, 11) is 1.61. The summed E-state index contributed by atoms with van der Waals surface area (Å²) in [6, 6.07) is 15.2. The van der Waals surface area contributed by atoms with E-state index in [1.165, 1.54) is 0 Å². The van der Waals surface area contributed by atoms with Gasteiger partial charge >= 0.3 is 0 Å². The Morgan fingerprint density at radius 1 is 1.06 bits per heavy atom. The van der Waals surface area contributed by atoms with Crippen LogP contribution in [0.4, 0.5) is 0 Å². The van der Waals surface area contributed by atoms with Crippen molar-refractivity contribution in [1.82, 2.24) is 24.4 Å². The van der Waals surface area contributed by atoms with E-state index < -0.39 is 0 Å². The van der Waals surface area contributed by atoms with Crippen molar-refractivity contribution in [3.8, 4) is 17.4 Å². The number of piperidine rings is 1. The molecule has 1 fully saturated rings. The zero-order valence-corrected chi connectivity index (χ0v) is 19.6. The summed E-state index contributed by atoms with van der Waals surface area (Å²) in [6.45, 7) is 1.95. The highest BCUT2D eigenvalue weighted by Crippen LogP contribution is 2.36. The molecular weight excluding hydrogens is 442 g/mol. The molecule has 4 aromatic rings. The largest absolute Gasteiger partial charge is 0.493 e. The van der Waals surface area contributed by atoms with Gasteiger partial charge in [0.25, 0.3) is 5.91 Å². The second-order valence-corrected chi connectivity index (χ2v) is 8.53. The number of carbonyl (C=O) groups is 1. The molecule has 0 radical (unpaired) electrons. The highest BCUT2D eigenvalue weighted by molar-refractivity contribution is 5.94. The van der Waals surface area contributed by atoms with Crippen molar-refractivity contribution in [2.24, 2.45) is 0 Å². The van der Waals surface area contributed by atoms with Gasteiger partial charge in [0.2, 0.25) is 5.88 Å².